The zero-order valence-electron chi connectivity index (χ0n) is 4.27. The average Bonchev–Trinajstić information content (AvgIpc) is 1.25. The summed E-state index contributed by atoms with van der Waals surface area (Å²) in [6.45, 7) is 0. The molecule has 0 saturated heterocycles. The minimum absolute atomic E-state index is 0. The fraction of sp³-hybridized carbons (Fsp3) is 0. The first-order chi connectivity index (χ1) is 3.46. The predicted molar refractivity (Wildman–Crippen MR) is 39.8 cm³/mol. The van der Waals surface area contributed by atoms with E-state index in [-0.39, 0.29) is 22.9 Å². The van der Waals surface area contributed by atoms with E-state index in [1.54, 1.807) is 0 Å². The summed E-state index contributed by atoms with van der Waals surface area (Å²) in [7, 11) is 0. The van der Waals surface area contributed by atoms with Gasteiger partial charge in [0.2, 0.25) is 0 Å². The van der Waals surface area contributed by atoms with Gasteiger partial charge in [-0.05, 0) is 0 Å². The lowest BCUT2D eigenvalue weighted by atomic mass is 11.1. The summed E-state index contributed by atoms with van der Waals surface area (Å²) < 4.78 is 22.8. The molecule has 0 aromatic heterocycles. The molecule has 0 rings (SSSR count). The van der Waals surface area contributed by atoms with E-state index in [2.05, 4.69) is 11.5 Å². The van der Waals surface area contributed by atoms with Gasteiger partial charge in [0.1, 0.15) is 0 Å². The van der Waals surface area contributed by atoms with Gasteiger partial charge in [-0.1, -0.05) is 0 Å². The molecule has 0 aliphatic heterocycles. The summed E-state index contributed by atoms with van der Waals surface area (Å²) >= 11 is -2.61. The standard InChI is InChI=1S/CH5N3.BrH.H2O3S/c2-1(3)4;;1-4(2)3/h(H5,2,3,4);1H;(H2,1,2,3). The number of nitrogens with one attached hydrogen (secondary N) is 1. The van der Waals surface area contributed by atoms with Gasteiger partial charge in [0, 0.05) is 0 Å². The van der Waals surface area contributed by atoms with Crippen LogP contribution in [0.1, 0.15) is 0 Å². The molecular weight excluding hydrogens is 214 g/mol. The summed E-state index contributed by atoms with van der Waals surface area (Å²) in [6.07, 6.45) is 0. The maximum Gasteiger partial charge on any atom is 0.299 e. The number of halogens is 1. The predicted octanol–water partition coefficient (Wildman–Crippen LogP) is -0.902. The van der Waals surface area contributed by atoms with Crippen molar-refractivity contribution in [3.05, 3.63) is 0 Å². The molecule has 6 nitrogen and oxygen atoms in total. The maximum atomic E-state index is 8.67. The molecule has 0 unspecified atom stereocenters. The average molecular weight is 222 g/mol. The third kappa shape index (κ3) is 8180. The van der Waals surface area contributed by atoms with Crippen molar-refractivity contribution in [2.24, 2.45) is 11.5 Å². The van der Waals surface area contributed by atoms with Crippen LogP contribution in [0.3, 0.4) is 0 Å². The molecule has 9 heavy (non-hydrogen) atoms. The lowest BCUT2D eigenvalue weighted by molar-refractivity contribution is 0.454. The van der Waals surface area contributed by atoms with Crippen LogP contribution in [0, 0.1) is 5.41 Å². The van der Waals surface area contributed by atoms with E-state index in [0.717, 1.165) is 0 Å². The Morgan fingerprint density at radius 3 is 1.44 bits per heavy atom. The van der Waals surface area contributed by atoms with Crippen LogP contribution in [0.2, 0.25) is 0 Å². The topological polar surface area (TPSA) is 133 Å². The first kappa shape index (κ1) is 15.9. The highest BCUT2D eigenvalue weighted by Gasteiger charge is 1.62. The Kier molecular flexibility index (Phi) is 19.0. The van der Waals surface area contributed by atoms with E-state index in [1.165, 1.54) is 0 Å². The van der Waals surface area contributed by atoms with Crippen molar-refractivity contribution in [3.8, 4) is 0 Å². The van der Waals surface area contributed by atoms with Crippen LogP contribution in [0.4, 0.5) is 0 Å². The minimum atomic E-state index is -2.61. The van der Waals surface area contributed by atoms with Crippen molar-refractivity contribution in [1.29, 1.82) is 5.41 Å². The van der Waals surface area contributed by atoms with Crippen LogP contribution in [-0.2, 0) is 11.4 Å². The molecule has 0 atom stereocenters. The van der Waals surface area contributed by atoms with Gasteiger partial charge in [-0.3, -0.25) is 14.5 Å². The lowest BCUT2D eigenvalue weighted by Crippen LogP contribution is -2.20. The van der Waals surface area contributed by atoms with Crippen molar-refractivity contribution in [3.63, 3.8) is 0 Å². The largest absolute Gasteiger partial charge is 0.370 e. The molecular formula is CH8BrN3O3S. The third-order valence-corrected chi connectivity index (χ3v) is 0. The summed E-state index contributed by atoms with van der Waals surface area (Å²) in [5, 5.41) is 6.06. The van der Waals surface area contributed by atoms with E-state index in [1.807, 2.05) is 0 Å². The number of hydrogen-bond acceptors (Lipinski definition) is 2. The van der Waals surface area contributed by atoms with E-state index in [0.29, 0.717) is 0 Å². The first-order valence-electron chi connectivity index (χ1n) is 1.36. The van der Waals surface area contributed by atoms with Gasteiger partial charge in [0.25, 0.3) is 11.4 Å². The second-order valence-electron chi connectivity index (χ2n) is 0.686. The molecule has 0 amide bonds. The molecule has 0 aliphatic rings. The van der Waals surface area contributed by atoms with Crippen molar-refractivity contribution in [2.45, 2.75) is 0 Å². The molecule has 58 valence electrons. The quantitative estimate of drug-likeness (QED) is 0.205. The molecule has 0 spiro atoms. The van der Waals surface area contributed by atoms with Gasteiger partial charge in [-0.25, -0.2) is 0 Å². The Bertz CT molecular complexity index is 77.1. The molecule has 0 aliphatic carbocycles. The molecule has 0 heterocycles. The molecule has 0 bridgehead atoms. The minimum Gasteiger partial charge on any atom is -0.370 e. The third-order valence-electron chi connectivity index (χ3n) is 0. The first-order valence-corrected chi connectivity index (χ1v) is 2.42. The van der Waals surface area contributed by atoms with Crippen molar-refractivity contribution in [1.82, 2.24) is 0 Å². The van der Waals surface area contributed by atoms with E-state index < -0.39 is 11.4 Å². The number of nitrogens with two attached hydrogens (primary N) is 2. The second kappa shape index (κ2) is 10.7. The zero-order chi connectivity index (χ0) is 7.15. The van der Waals surface area contributed by atoms with Gasteiger partial charge in [-0.15, -0.1) is 17.0 Å². The van der Waals surface area contributed by atoms with Crippen molar-refractivity contribution in [2.75, 3.05) is 0 Å². The van der Waals surface area contributed by atoms with E-state index >= 15 is 0 Å². The van der Waals surface area contributed by atoms with Gasteiger partial charge in [0.15, 0.2) is 5.96 Å². The highest BCUT2D eigenvalue weighted by Crippen LogP contribution is 1.44. The summed E-state index contributed by atoms with van der Waals surface area (Å²) in [5.41, 5.74) is 8.94. The highest BCUT2D eigenvalue weighted by molar-refractivity contribution is 8.93. The Balaban J connectivity index is -0.0000000720. The van der Waals surface area contributed by atoms with Gasteiger partial charge in [0.05, 0.1) is 0 Å². The molecule has 0 saturated carbocycles. The van der Waals surface area contributed by atoms with E-state index in [9.17, 15) is 0 Å². The van der Waals surface area contributed by atoms with Crippen molar-refractivity contribution < 1.29 is 13.3 Å². The molecule has 0 radical (unpaired) electrons. The molecule has 7 N–H and O–H groups in total. The monoisotopic (exact) mass is 221 g/mol. The van der Waals surface area contributed by atoms with Crippen LogP contribution >= 0.6 is 17.0 Å². The normalized spacial score (nSPS) is 6.56. The molecule has 8 heteroatoms. The van der Waals surface area contributed by atoms with Crippen LogP contribution in [0.25, 0.3) is 0 Å². The summed E-state index contributed by atoms with van der Waals surface area (Å²) in [6, 6.07) is 0. The van der Waals surface area contributed by atoms with Gasteiger partial charge < -0.3 is 11.5 Å². The van der Waals surface area contributed by atoms with Crippen LogP contribution in [0.5, 0.6) is 0 Å². The summed E-state index contributed by atoms with van der Waals surface area (Å²) in [5.74, 6) is -0.333. The van der Waals surface area contributed by atoms with Gasteiger partial charge in [-0.2, -0.15) is 4.21 Å². The molecule has 0 aromatic rings. The number of guanidine groups is 1. The van der Waals surface area contributed by atoms with E-state index in [4.69, 9.17) is 18.7 Å². The Hall–Kier alpha value is -0.180. The molecule has 0 fully saturated rings. The van der Waals surface area contributed by atoms with Gasteiger partial charge >= 0.3 is 0 Å². The Morgan fingerprint density at radius 1 is 1.44 bits per heavy atom. The Labute approximate surface area is 65.0 Å². The fourth-order valence-electron chi connectivity index (χ4n) is 0. The fourth-order valence-corrected chi connectivity index (χ4v) is 0. The van der Waals surface area contributed by atoms with Crippen LogP contribution < -0.4 is 11.5 Å². The van der Waals surface area contributed by atoms with Crippen LogP contribution in [-0.4, -0.2) is 19.3 Å². The maximum absolute atomic E-state index is 8.67. The smallest absolute Gasteiger partial charge is 0.299 e. The van der Waals surface area contributed by atoms with Crippen molar-refractivity contribution >= 4 is 34.3 Å². The SMILES string of the molecule is Br.N=C(N)N.O=S(O)O. The second-order valence-corrected chi connectivity index (χ2v) is 1.15. The Morgan fingerprint density at radius 2 is 1.44 bits per heavy atom. The number of rotatable bonds is 0. The van der Waals surface area contributed by atoms with Crippen LogP contribution in [0.15, 0.2) is 0 Å². The molecule has 0 aromatic carbocycles. The lowest BCUT2D eigenvalue weighted by Gasteiger charge is -1.69. The zero-order valence-corrected chi connectivity index (χ0v) is 6.80. The number of hydrogen-bond donors (Lipinski definition) is 5. The summed E-state index contributed by atoms with van der Waals surface area (Å²) in [4.78, 5) is 0. The highest BCUT2D eigenvalue weighted by atomic mass is 79.9.